The molecule has 1 aliphatic carbocycles. The lowest BCUT2D eigenvalue weighted by atomic mass is 10.00. The zero-order valence-corrected chi connectivity index (χ0v) is 5.48. The van der Waals surface area contributed by atoms with Crippen molar-refractivity contribution in [2.45, 2.75) is 32.6 Å². The minimum absolute atomic E-state index is 0.661. The second-order valence-corrected chi connectivity index (χ2v) is 2.79. The van der Waals surface area contributed by atoms with Gasteiger partial charge >= 0.3 is 0 Å². The van der Waals surface area contributed by atoms with Crippen molar-refractivity contribution in [2.24, 2.45) is 11.1 Å². The molecule has 0 aromatic carbocycles. The van der Waals surface area contributed by atoms with Crippen LogP contribution < -0.4 is 5.73 Å². The molecule has 1 rings (SSSR count). The zero-order chi connectivity index (χ0) is 6.04. The summed E-state index contributed by atoms with van der Waals surface area (Å²) in [6, 6.07) is 0. The first-order chi connectivity index (χ1) is 3.83. The van der Waals surface area contributed by atoms with Gasteiger partial charge in [-0.05, 0) is 24.7 Å². The van der Waals surface area contributed by atoms with Crippen LogP contribution in [0, 0.1) is 12.0 Å². The van der Waals surface area contributed by atoms with Gasteiger partial charge in [0.15, 0.2) is 0 Å². The molecule has 1 heteroatoms. The molecule has 0 unspecified atom stereocenters. The lowest BCUT2D eigenvalue weighted by Crippen LogP contribution is -2.02. The summed E-state index contributed by atoms with van der Waals surface area (Å²) in [5.41, 5.74) is 5.97. The van der Waals surface area contributed by atoms with Crippen molar-refractivity contribution in [2.75, 3.05) is 0 Å². The zero-order valence-electron chi connectivity index (χ0n) is 5.48. The average Bonchev–Trinajstić information content (AvgIpc) is 2.50. The minimum Gasteiger partial charge on any atom is -0.326 e. The van der Waals surface area contributed by atoms with E-state index in [0.717, 1.165) is 6.42 Å². The van der Waals surface area contributed by atoms with E-state index >= 15 is 0 Å². The highest BCUT2D eigenvalue weighted by molar-refractivity contribution is 4.93. The molecule has 2 N–H and O–H groups in total. The van der Waals surface area contributed by atoms with E-state index in [1.165, 1.54) is 19.3 Å². The molecule has 0 bridgehead atoms. The fourth-order valence-corrected chi connectivity index (χ4v) is 1.13. The van der Waals surface area contributed by atoms with Gasteiger partial charge in [-0.3, -0.25) is 0 Å². The molecule has 1 nitrogen and oxygen atoms in total. The first-order valence-corrected chi connectivity index (χ1v) is 3.36. The second kappa shape index (κ2) is 2.06. The first kappa shape index (κ1) is 6.09. The van der Waals surface area contributed by atoms with Gasteiger partial charge in [0.1, 0.15) is 0 Å². The Kier molecular flexibility index (Phi) is 1.57. The van der Waals surface area contributed by atoms with Gasteiger partial charge in [0, 0.05) is 6.54 Å². The highest BCUT2D eigenvalue weighted by atomic mass is 14.6. The maximum absolute atomic E-state index is 5.31. The average molecular weight is 112 g/mol. The maximum atomic E-state index is 5.31. The van der Waals surface area contributed by atoms with Crippen molar-refractivity contribution in [1.82, 2.24) is 0 Å². The predicted molar refractivity (Wildman–Crippen MR) is 35.1 cm³/mol. The van der Waals surface area contributed by atoms with E-state index in [1.54, 1.807) is 6.54 Å². The van der Waals surface area contributed by atoms with Crippen LogP contribution in [0.4, 0.5) is 0 Å². The van der Waals surface area contributed by atoms with Crippen LogP contribution in [0.15, 0.2) is 0 Å². The van der Waals surface area contributed by atoms with Gasteiger partial charge in [-0.15, -0.1) is 0 Å². The molecule has 1 radical (unpaired) electrons. The van der Waals surface area contributed by atoms with Crippen LogP contribution in [0.2, 0.25) is 0 Å². The van der Waals surface area contributed by atoms with Crippen LogP contribution in [-0.4, -0.2) is 0 Å². The van der Waals surface area contributed by atoms with Crippen LogP contribution in [-0.2, 0) is 0 Å². The Morgan fingerprint density at radius 3 is 2.38 bits per heavy atom. The fourth-order valence-electron chi connectivity index (χ4n) is 1.13. The molecule has 8 heavy (non-hydrogen) atoms. The molecule has 1 aliphatic rings. The van der Waals surface area contributed by atoms with Crippen molar-refractivity contribution in [3.8, 4) is 0 Å². The van der Waals surface area contributed by atoms with Gasteiger partial charge in [-0.2, -0.15) is 0 Å². The first-order valence-electron chi connectivity index (χ1n) is 3.36. The monoisotopic (exact) mass is 112 g/mol. The van der Waals surface area contributed by atoms with Crippen molar-refractivity contribution < 1.29 is 0 Å². The van der Waals surface area contributed by atoms with E-state index in [1.807, 2.05) is 0 Å². The molecule has 0 amide bonds. The molecule has 0 aromatic rings. The Morgan fingerprint density at radius 2 is 2.25 bits per heavy atom. The highest BCUT2D eigenvalue weighted by Gasteiger charge is 2.39. The molecule has 1 fully saturated rings. The predicted octanol–water partition coefficient (Wildman–Crippen LogP) is 1.69. The number of hydrogen-bond acceptors (Lipinski definition) is 1. The lowest BCUT2D eigenvalue weighted by Gasteiger charge is -2.07. The van der Waals surface area contributed by atoms with Gasteiger partial charge in [-0.1, -0.05) is 13.3 Å². The molecular weight excluding hydrogens is 98.1 g/mol. The molecule has 0 saturated heterocycles. The highest BCUT2D eigenvalue weighted by Crippen LogP contribution is 2.51. The van der Waals surface area contributed by atoms with Crippen LogP contribution >= 0.6 is 0 Å². The Bertz CT molecular complexity index is 74.5. The smallest absolute Gasteiger partial charge is 0.0197 e. The van der Waals surface area contributed by atoms with Crippen molar-refractivity contribution in [3.63, 3.8) is 0 Å². The molecule has 0 heterocycles. The van der Waals surface area contributed by atoms with Crippen molar-refractivity contribution in [3.05, 3.63) is 6.54 Å². The van der Waals surface area contributed by atoms with Crippen molar-refractivity contribution >= 4 is 0 Å². The van der Waals surface area contributed by atoms with E-state index in [4.69, 9.17) is 5.73 Å². The van der Waals surface area contributed by atoms with E-state index in [0.29, 0.717) is 5.41 Å². The third-order valence-corrected chi connectivity index (χ3v) is 2.26. The Morgan fingerprint density at radius 1 is 1.62 bits per heavy atom. The summed E-state index contributed by atoms with van der Waals surface area (Å²) >= 11 is 0. The van der Waals surface area contributed by atoms with Crippen LogP contribution in [0.1, 0.15) is 32.6 Å². The van der Waals surface area contributed by atoms with Gasteiger partial charge in [0.05, 0.1) is 0 Å². The summed E-state index contributed by atoms with van der Waals surface area (Å²) < 4.78 is 0. The number of rotatable bonds is 3. The standard InChI is InChI=1S/C7H14N/c1-2-7(3-4-7)5-6-8/h6H,2-5,8H2,1H3. The van der Waals surface area contributed by atoms with Gasteiger partial charge in [0.2, 0.25) is 0 Å². The molecule has 0 spiro atoms. The molecule has 47 valence electrons. The molecule has 0 atom stereocenters. The molecule has 0 aliphatic heterocycles. The Labute approximate surface area is 51.3 Å². The number of nitrogens with two attached hydrogens (primary N) is 1. The summed E-state index contributed by atoms with van der Waals surface area (Å²) in [7, 11) is 0. The lowest BCUT2D eigenvalue weighted by molar-refractivity contribution is 0.481. The SMILES string of the molecule is CCC1(C[CH]N)CC1. The summed E-state index contributed by atoms with van der Waals surface area (Å²) in [6.45, 7) is 4.05. The fraction of sp³-hybridized carbons (Fsp3) is 0.857. The number of hydrogen-bond donors (Lipinski definition) is 1. The van der Waals surface area contributed by atoms with E-state index < -0.39 is 0 Å². The van der Waals surface area contributed by atoms with Crippen LogP contribution in [0.5, 0.6) is 0 Å². The quantitative estimate of drug-likeness (QED) is 0.590. The van der Waals surface area contributed by atoms with Gasteiger partial charge in [-0.25, -0.2) is 0 Å². The molecule has 0 aromatic heterocycles. The molecule has 1 saturated carbocycles. The van der Waals surface area contributed by atoms with Crippen molar-refractivity contribution in [1.29, 1.82) is 0 Å². The summed E-state index contributed by atoms with van der Waals surface area (Å²) in [6.07, 6.45) is 5.23. The van der Waals surface area contributed by atoms with E-state index in [2.05, 4.69) is 6.92 Å². The van der Waals surface area contributed by atoms with Gasteiger partial charge < -0.3 is 5.73 Å². The van der Waals surface area contributed by atoms with Crippen LogP contribution in [0.25, 0.3) is 0 Å². The van der Waals surface area contributed by atoms with E-state index in [-0.39, 0.29) is 0 Å². The second-order valence-electron chi connectivity index (χ2n) is 2.79. The Balaban J connectivity index is 2.20. The summed E-state index contributed by atoms with van der Waals surface area (Å²) in [4.78, 5) is 0. The summed E-state index contributed by atoms with van der Waals surface area (Å²) in [5, 5.41) is 0. The van der Waals surface area contributed by atoms with Gasteiger partial charge in [0.25, 0.3) is 0 Å². The normalized spacial score (nSPS) is 23.2. The third kappa shape index (κ3) is 1.03. The third-order valence-electron chi connectivity index (χ3n) is 2.26. The maximum Gasteiger partial charge on any atom is 0.0197 e. The largest absolute Gasteiger partial charge is 0.326 e. The van der Waals surface area contributed by atoms with Crippen LogP contribution in [0.3, 0.4) is 0 Å². The Hall–Kier alpha value is -0.0400. The van der Waals surface area contributed by atoms with E-state index in [9.17, 15) is 0 Å². The topological polar surface area (TPSA) is 26.0 Å². The molecular formula is C7H14N. The minimum atomic E-state index is 0.661. The summed E-state index contributed by atoms with van der Waals surface area (Å²) in [5.74, 6) is 0.